The summed E-state index contributed by atoms with van der Waals surface area (Å²) >= 11 is 5.09. The predicted octanol–water partition coefficient (Wildman–Crippen LogP) is 2.17. The van der Waals surface area contributed by atoms with E-state index in [-0.39, 0.29) is 23.7 Å². The van der Waals surface area contributed by atoms with Gasteiger partial charge in [0, 0.05) is 31.3 Å². The first-order chi connectivity index (χ1) is 13.5. The Hall–Kier alpha value is -3.32. The Morgan fingerprint density at radius 3 is 2.07 bits per heavy atom. The van der Waals surface area contributed by atoms with Gasteiger partial charge in [0.05, 0.1) is 0 Å². The second-order valence-electron chi connectivity index (χ2n) is 5.93. The molecule has 0 fully saturated rings. The van der Waals surface area contributed by atoms with Crippen molar-refractivity contribution in [1.29, 1.82) is 0 Å². The highest BCUT2D eigenvalue weighted by atomic mass is 35.5. The summed E-state index contributed by atoms with van der Waals surface area (Å²) < 4.78 is 12.9. The van der Waals surface area contributed by atoms with Gasteiger partial charge in [-0.3, -0.25) is 9.59 Å². The lowest BCUT2D eigenvalue weighted by Gasteiger charge is -2.07. The van der Waals surface area contributed by atoms with Crippen LogP contribution in [0.15, 0.2) is 60.9 Å². The number of hydrogen-bond acceptors (Lipinski definition) is 4. The first-order valence-electron chi connectivity index (χ1n) is 8.40. The molecule has 1 heterocycles. The van der Waals surface area contributed by atoms with Crippen molar-refractivity contribution in [3.05, 3.63) is 94.3 Å². The minimum atomic E-state index is -0.459. The van der Waals surface area contributed by atoms with Crippen LogP contribution in [0.3, 0.4) is 0 Å². The number of carbonyl (C=O) groups excluding carboxylic acids is 2. The van der Waals surface area contributed by atoms with Crippen molar-refractivity contribution in [1.82, 2.24) is 20.6 Å². The summed E-state index contributed by atoms with van der Waals surface area (Å²) in [5.74, 6) is -1.23. The molecule has 2 amide bonds. The lowest BCUT2D eigenvalue weighted by Crippen LogP contribution is -2.27. The molecule has 0 aliphatic carbocycles. The molecule has 8 heteroatoms. The molecule has 2 aromatic carbocycles. The average molecular weight is 400 g/mol. The van der Waals surface area contributed by atoms with Gasteiger partial charge < -0.3 is 10.6 Å². The SMILES string of the molecule is O=C(NCc1ccc(F)cc1)c1cc(C(=O)NCc2cccc([ClH+])c2)ncn1. The van der Waals surface area contributed by atoms with E-state index in [1.807, 2.05) is 12.1 Å². The Morgan fingerprint density at radius 2 is 1.46 bits per heavy atom. The monoisotopic (exact) mass is 399 g/mol. The van der Waals surface area contributed by atoms with Crippen LogP contribution in [0.4, 0.5) is 4.39 Å². The van der Waals surface area contributed by atoms with Crippen LogP contribution in [-0.4, -0.2) is 21.8 Å². The van der Waals surface area contributed by atoms with E-state index in [2.05, 4.69) is 20.6 Å². The largest absolute Gasteiger partial charge is 0.347 e. The summed E-state index contributed by atoms with van der Waals surface area (Å²) in [4.78, 5) is 32.4. The van der Waals surface area contributed by atoms with Crippen LogP contribution >= 0.6 is 0 Å². The molecule has 0 aliphatic heterocycles. The standard InChI is InChI=1S/C20H16ClFN4O2/c21-15-3-1-2-14(8-15)11-24-20(28)18-9-17(25-12-26-18)19(27)23-10-13-4-6-16(22)7-5-13/h1-9,12,21H,10-11H2,(H-,23,24,27,28)/p+1. The average Bonchev–Trinajstić information content (AvgIpc) is 2.71. The molecule has 3 aromatic rings. The molecule has 0 saturated heterocycles. The highest BCUT2D eigenvalue weighted by Crippen LogP contribution is 2.06. The van der Waals surface area contributed by atoms with Crippen LogP contribution in [0.1, 0.15) is 32.1 Å². The van der Waals surface area contributed by atoms with E-state index in [4.69, 9.17) is 11.6 Å². The van der Waals surface area contributed by atoms with Gasteiger partial charge >= 0.3 is 0 Å². The topological polar surface area (TPSA) is 84.0 Å². The molecule has 0 atom stereocenters. The van der Waals surface area contributed by atoms with Crippen molar-refractivity contribution in [3.8, 4) is 0 Å². The molecule has 0 bridgehead atoms. The first kappa shape index (κ1) is 19.4. The zero-order valence-corrected chi connectivity index (χ0v) is 15.5. The molecule has 0 saturated carbocycles. The number of carbonyl (C=O) groups is 2. The maximum atomic E-state index is 12.9. The highest BCUT2D eigenvalue weighted by molar-refractivity contribution is 5.97. The Labute approximate surface area is 165 Å². The second kappa shape index (κ2) is 9.05. The van der Waals surface area contributed by atoms with E-state index in [0.717, 1.165) is 17.5 Å². The quantitative estimate of drug-likeness (QED) is 0.665. The fraction of sp³-hybridized carbons (Fsp3) is 0.100. The Balaban J connectivity index is 1.59. The van der Waals surface area contributed by atoms with Crippen molar-refractivity contribution in [2.75, 3.05) is 0 Å². The van der Waals surface area contributed by atoms with Crippen LogP contribution in [0.2, 0.25) is 5.02 Å². The molecular formula is C20H17ClFN4O2+. The van der Waals surface area contributed by atoms with Gasteiger partial charge in [-0.25, -0.2) is 14.4 Å². The second-order valence-corrected chi connectivity index (χ2v) is 6.40. The summed E-state index contributed by atoms with van der Waals surface area (Å²) in [5.41, 5.74) is 1.75. The number of rotatable bonds is 6. The summed E-state index contributed by atoms with van der Waals surface area (Å²) in [6.45, 7) is 0.501. The molecule has 0 radical (unpaired) electrons. The van der Waals surface area contributed by atoms with Gasteiger partial charge in [0.25, 0.3) is 11.8 Å². The first-order valence-corrected chi connectivity index (χ1v) is 8.81. The van der Waals surface area contributed by atoms with Gasteiger partial charge in [-0.15, -0.1) is 0 Å². The zero-order valence-electron chi connectivity index (χ0n) is 14.7. The van der Waals surface area contributed by atoms with Crippen LogP contribution in [0, 0.1) is 17.4 Å². The molecule has 3 rings (SSSR count). The maximum absolute atomic E-state index is 12.9. The van der Waals surface area contributed by atoms with Gasteiger partial charge in [0.2, 0.25) is 5.02 Å². The van der Waals surface area contributed by atoms with E-state index in [1.54, 1.807) is 24.3 Å². The maximum Gasteiger partial charge on any atom is 0.270 e. The molecule has 6 nitrogen and oxygen atoms in total. The molecular weight excluding hydrogens is 383 g/mol. The molecule has 2 N–H and O–H groups in total. The smallest absolute Gasteiger partial charge is 0.270 e. The van der Waals surface area contributed by atoms with E-state index >= 15 is 0 Å². The van der Waals surface area contributed by atoms with E-state index in [9.17, 15) is 14.0 Å². The Kier molecular flexibility index (Phi) is 6.29. The van der Waals surface area contributed by atoms with Gasteiger partial charge in [-0.1, -0.05) is 24.3 Å². The van der Waals surface area contributed by atoms with Gasteiger partial charge in [0.15, 0.2) is 11.6 Å². The number of benzene rings is 2. The summed E-state index contributed by atoms with van der Waals surface area (Å²) in [7, 11) is 0. The molecule has 142 valence electrons. The van der Waals surface area contributed by atoms with E-state index in [1.165, 1.54) is 18.2 Å². The molecule has 0 aliphatic rings. The lowest BCUT2D eigenvalue weighted by molar-refractivity contribution is -0.289. The van der Waals surface area contributed by atoms with Crippen LogP contribution < -0.4 is 10.6 Å². The Morgan fingerprint density at radius 1 is 0.857 bits per heavy atom. The molecule has 28 heavy (non-hydrogen) atoms. The fourth-order valence-corrected chi connectivity index (χ4v) is 2.64. The van der Waals surface area contributed by atoms with Crippen LogP contribution in [-0.2, 0) is 13.1 Å². The molecule has 1 aromatic heterocycles. The number of nitrogens with one attached hydrogen (secondary N) is 2. The zero-order chi connectivity index (χ0) is 19.9. The molecule has 0 unspecified atom stereocenters. The highest BCUT2D eigenvalue weighted by Gasteiger charge is 2.13. The summed E-state index contributed by atoms with van der Waals surface area (Å²) in [5, 5.41) is 6.09. The minimum Gasteiger partial charge on any atom is -0.347 e. The number of halogens is 2. The van der Waals surface area contributed by atoms with Crippen molar-refractivity contribution < 1.29 is 25.6 Å². The summed E-state index contributed by atoms with van der Waals surface area (Å²) in [6, 6.07) is 14.4. The van der Waals surface area contributed by atoms with E-state index < -0.39 is 11.8 Å². The van der Waals surface area contributed by atoms with Crippen molar-refractivity contribution >= 4 is 11.8 Å². The Bertz CT molecular complexity index is 996. The number of nitrogens with zero attached hydrogens (tertiary/aromatic N) is 2. The van der Waals surface area contributed by atoms with Gasteiger partial charge in [-0.05, 0) is 23.3 Å². The van der Waals surface area contributed by atoms with E-state index in [0.29, 0.717) is 11.6 Å². The minimum absolute atomic E-state index is 0.0646. The number of amides is 2. The van der Waals surface area contributed by atoms with Gasteiger partial charge in [-0.2, -0.15) is 0 Å². The van der Waals surface area contributed by atoms with Crippen LogP contribution in [0.25, 0.3) is 0 Å². The lowest BCUT2D eigenvalue weighted by atomic mass is 10.2. The summed E-state index contributed by atoms with van der Waals surface area (Å²) in [6.07, 6.45) is 1.16. The number of hydrogen-bond donors (Lipinski definition) is 2. The normalized spacial score (nSPS) is 10.4. The van der Waals surface area contributed by atoms with Gasteiger partial charge in [0.1, 0.15) is 23.5 Å². The van der Waals surface area contributed by atoms with Crippen molar-refractivity contribution in [3.63, 3.8) is 0 Å². The molecule has 0 spiro atoms. The van der Waals surface area contributed by atoms with Crippen LogP contribution in [0.5, 0.6) is 0 Å². The third-order valence-corrected chi connectivity index (χ3v) is 4.10. The third kappa shape index (κ3) is 5.34. The predicted molar refractivity (Wildman–Crippen MR) is 97.8 cm³/mol. The van der Waals surface area contributed by atoms with Crippen molar-refractivity contribution in [2.24, 2.45) is 0 Å². The van der Waals surface area contributed by atoms with Crippen molar-refractivity contribution in [2.45, 2.75) is 13.1 Å². The third-order valence-electron chi connectivity index (χ3n) is 3.85. The number of aromatic nitrogens is 2. The fourth-order valence-electron chi connectivity index (χ4n) is 2.41.